The Morgan fingerprint density at radius 3 is 3.16 bits per heavy atom. The molecule has 5 heteroatoms. The Morgan fingerprint density at radius 2 is 2.47 bits per heavy atom. The van der Waals surface area contributed by atoms with E-state index in [1.807, 2.05) is 6.92 Å². The highest BCUT2D eigenvalue weighted by Gasteiger charge is 2.60. The molecule has 2 N–H and O–H groups in total. The number of pyridine rings is 1. The Kier molecular flexibility index (Phi) is 2.05. The molecular formula is C14H16N2O3. The first-order chi connectivity index (χ1) is 9.14. The van der Waals surface area contributed by atoms with Gasteiger partial charge in [0, 0.05) is 42.0 Å². The fourth-order valence-electron chi connectivity index (χ4n) is 3.83. The number of aliphatic hydroxyl groups excluding tert-OH is 1. The van der Waals surface area contributed by atoms with Gasteiger partial charge in [-0.15, -0.1) is 0 Å². The zero-order valence-electron chi connectivity index (χ0n) is 10.8. The second-order valence-corrected chi connectivity index (χ2v) is 5.77. The molecule has 3 heterocycles. The van der Waals surface area contributed by atoms with Crippen LogP contribution in [0.25, 0.3) is 0 Å². The number of rotatable bonds is 1. The summed E-state index contributed by atoms with van der Waals surface area (Å²) in [7, 11) is 0. The molecule has 4 rings (SSSR count). The molecule has 19 heavy (non-hydrogen) atoms. The number of carbonyl (C=O) groups excluding carboxylic acids is 1. The predicted octanol–water partition coefficient (Wildman–Crippen LogP) is 0.985. The van der Waals surface area contributed by atoms with Crippen molar-refractivity contribution in [2.75, 3.05) is 0 Å². The number of aromatic nitrogens is 1. The molecule has 1 amide bonds. The van der Waals surface area contributed by atoms with Gasteiger partial charge in [0.05, 0.1) is 12.3 Å². The number of carbonyl (C=O) groups is 1. The average Bonchev–Trinajstić information content (AvgIpc) is 2.34. The van der Waals surface area contributed by atoms with Gasteiger partial charge in [-0.1, -0.05) is 0 Å². The third-order valence-electron chi connectivity index (χ3n) is 4.83. The first kappa shape index (κ1) is 11.2. The molecule has 1 aromatic heterocycles. The van der Waals surface area contributed by atoms with Gasteiger partial charge in [0.15, 0.2) is 5.72 Å². The third kappa shape index (κ3) is 1.28. The lowest BCUT2D eigenvalue weighted by Gasteiger charge is -2.58. The molecule has 2 bridgehead atoms. The van der Waals surface area contributed by atoms with E-state index in [9.17, 15) is 9.90 Å². The third-order valence-corrected chi connectivity index (χ3v) is 4.83. The Balaban J connectivity index is 1.94. The van der Waals surface area contributed by atoms with Crippen molar-refractivity contribution in [1.82, 2.24) is 10.3 Å². The van der Waals surface area contributed by atoms with Crippen LogP contribution in [0.1, 0.15) is 42.0 Å². The number of aliphatic hydroxyl groups is 1. The van der Waals surface area contributed by atoms with Crippen molar-refractivity contribution >= 4 is 5.91 Å². The molecule has 100 valence electrons. The molecule has 2 aliphatic heterocycles. The summed E-state index contributed by atoms with van der Waals surface area (Å²) in [6, 6.07) is 0. The lowest BCUT2D eigenvalue weighted by molar-refractivity contribution is -0.165. The van der Waals surface area contributed by atoms with Crippen LogP contribution in [0.3, 0.4) is 0 Å². The van der Waals surface area contributed by atoms with Gasteiger partial charge in [0.1, 0.15) is 5.75 Å². The summed E-state index contributed by atoms with van der Waals surface area (Å²) < 4.78 is 6.13. The highest BCUT2D eigenvalue weighted by molar-refractivity contribution is 5.80. The van der Waals surface area contributed by atoms with Gasteiger partial charge >= 0.3 is 0 Å². The SMILES string of the molecule is Cc1ncc(CO)c2c1O[C@@]13CCC1[C@@H]2CC(=O)N3. The summed E-state index contributed by atoms with van der Waals surface area (Å²) in [5, 5.41) is 12.5. The summed E-state index contributed by atoms with van der Waals surface area (Å²) in [5.74, 6) is 1.32. The maximum atomic E-state index is 11.9. The Morgan fingerprint density at radius 1 is 1.63 bits per heavy atom. The minimum absolute atomic E-state index is 0.0463. The van der Waals surface area contributed by atoms with Crippen LogP contribution in [0.15, 0.2) is 6.20 Å². The van der Waals surface area contributed by atoms with Gasteiger partial charge in [-0.2, -0.15) is 0 Å². The first-order valence-corrected chi connectivity index (χ1v) is 6.74. The standard InChI is InChI=1S/C14H16N2O3/c1-7-13-12(8(6-17)5-15-7)9-4-11(18)16-14(19-13)3-2-10(9)14/h5,9-10,17H,2-4,6H2,1H3,(H,16,18)/t9-,10?,14-/m0/s1. The second-order valence-electron chi connectivity index (χ2n) is 5.77. The molecule has 1 saturated carbocycles. The largest absolute Gasteiger partial charge is 0.466 e. The van der Waals surface area contributed by atoms with Crippen LogP contribution in [0, 0.1) is 12.8 Å². The quantitative estimate of drug-likeness (QED) is 0.789. The fourth-order valence-corrected chi connectivity index (χ4v) is 3.83. The fraction of sp³-hybridized carbons (Fsp3) is 0.571. The normalized spacial score (nSPS) is 34.5. The van der Waals surface area contributed by atoms with E-state index in [2.05, 4.69) is 10.3 Å². The van der Waals surface area contributed by atoms with E-state index in [-0.39, 0.29) is 18.4 Å². The van der Waals surface area contributed by atoms with Crippen LogP contribution in [0.2, 0.25) is 0 Å². The van der Waals surface area contributed by atoms with Crippen LogP contribution < -0.4 is 10.1 Å². The molecule has 1 aliphatic carbocycles. The first-order valence-electron chi connectivity index (χ1n) is 6.74. The zero-order valence-corrected chi connectivity index (χ0v) is 10.8. The molecular weight excluding hydrogens is 244 g/mol. The molecule has 1 saturated heterocycles. The number of amides is 1. The van der Waals surface area contributed by atoms with Crippen molar-refractivity contribution in [3.05, 3.63) is 23.0 Å². The average molecular weight is 260 g/mol. The smallest absolute Gasteiger partial charge is 0.223 e. The Labute approximate surface area is 111 Å². The number of nitrogens with one attached hydrogen (secondary N) is 1. The van der Waals surface area contributed by atoms with E-state index in [1.54, 1.807) is 6.20 Å². The molecule has 3 atom stereocenters. The lowest BCUT2D eigenvalue weighted by Crippen LogP contribution is -2.70. The van der Waals surface area contributed by atoms with Crippen molar-refractivity contribution in [3.8, 4) is 5.75 Å². The number of ether oxygens (including phenoxy) is 1. The lowest BCUT2D eigenvalue weighted by atomic mass is 9.61. The monoisotopic (exact) mass is 260 g/mol. The van der Waals surface area contributed by atoms with E-state index in [0.29, 0.717) is 12.3 Å². The molecule has 0 radical (unpaired) electrons. The molecule has 1 aromatic rings. The van der Waals surface area contributed by atoms with E-state index in [0.717, 1.165) is 35.4 Å². The minimum Gasteiger partial charge on any atom is -0.466 e. The van der Waals surface area contributed by atoms with Gasteiger partial charge in [0.2, 0.25) is 5.91 Å². The predicted molar refractivity (Wildman–Crippen MR) is 66.5 cm³/mol. The van der Waals surface area contributed by atoms with Crippen LogP contribution >= 0.6 is 0 Å². The van der Waals surface area contributed by atoms with E-state index >= 15 is 0 Å². The molecule has 1 unspecified atom stereocenters. The number of fused-ring (bicyclic) bond motifs is 2. The molecule has 0 spiro atoms. The summed E-state index contributed by atoms with van der Waals surface area (Å²) in [4.78, 5) is 16.2. The maximum absolute atomic E-state index is 11.9. The second kappa shape index (κ2) is 3.48. The van der Waals surface area contributed by atoms with Crippen molar-refractivity contribution < 1.29 is 14.6 Å². The number of hydrogen-bond donors (Lipinski definition) is 2. The zero-order chi connectivity index (χ0) is 13.2. The highest BCUT2D eigenvalue weighted by atomic mass is 16.5. The minimum atomic E-state index is -0.506. The van der Waals surface area contributed by atoms with Gasteiger partial charge in [-0.05, 0) is 13.3 Å². The number of hydrogen-bond acceptors (Lipinski definition) is 4. The van der Waals surface area contributed by atoms with Crippen molar-refractivity contribution in [2.24, 2.45) is 5.92 Å². The molecule has 5 nitrogen and oxygen atoms in total. The van der Waals surface area contributed by atoms with Gasteiger partial charge in [-0.25, -0.2) is 0 Å². The van der Waals surface area contributed by atoms with Crippen molar-refractivity contribution in [1.29, 1.82) is 0 Å². The van der Waals surface area contributed by atoms with E-state index in [4.69, 9.17) is 4.74 Å². The summed E-state index contributed by atoms with van der Waals surface area (Å²) >= 11 is 0. The van der Waals surface area contributed by atoms with Crippen LogP contribution in [0.4, 0.5) is 0 Å². The number of nitrogens with zero attached hydrogens (tertiary/aromatic N) is 1. The van der Waals surface area contributed by atoms with Crippen molar-refractivity contribution in [3.63, 3.8) is 0 Å². The van der Waals surface area contributed by atoms with Crippen molar-refractivity contribution in [2.45, 2.75) is 44.4 Å². The topological polar surface area (TPSA) is 71.5 Å². The summed E-state index contributed by atoms with van der Waals surface area (Å²) in [5.41, 5.74) is 2.12. The highest BCUT2D eigenvalue weighted by Crippen LogP contribution is 2.58. The number of aryl methyl sites for hydroxylation is 1. The number of piperidine rings is 1. The summed E-state index contributed by atoms with van der Waals surface area (Å²) in [6.45, 7) is 1.85. The molecule has 0 aromatic carbocycles. The molecule has 3 aliphatic rings. The Hall–Kier alpha value is -1.62. The van der Waals surface area contributed by atoms with Crippen LogP contribution in [-0.4, -0.2) is 21.7 Å². The van der Waals surface area contributed by atoms with Gasteiger partial charge in [0.25, 0.3) is 0 Å². The van der Waals surface area contributed by atoms with Crippen LogP contribution in [0.5, 0.6) is 5.75 Å². The Bertz CT molecular complexity index is 586. The summed E-state index contributed by atoms with van der Waals surface area (Å²) in [6.07, 6.45) is 4.12. The maximum Gasteiger partial charge on any atom is 0.223 e. The van der Waals surface area contributed by atoms with Gasteiger partial charge < -0.3 is 15.2 Å². The van der Waals surface area contributed by atoms with Gasteiger partial charge in [-0.3, -0.25) is 9.78 Å². The van der Waals surface area contributed by atoms with Crippen LogP contribution in [-0.2, 0) is 11.4 Å². The molecule has 2 fully saturated rings. The van der Waals surface area contributed by atoms with E-state index in [1.165, 1.54) is 0 Å². The van der Waals surface area contributed by atoms with E-state index < -0.39 is 5.72 Å².